The fraction of sp³-hybridized carbons (Fsp3) is 0.857. The van der Waals surface area contributed by atoms with E-state index >= 15 is 0 Å². The summed E-state index contributed by atoms with van der Waals surface area (Å²) in [5, 5.41) is 8.38. The summed E-state index contributed by atoms with van der Waals surface area (Å²) in [6.07, 6.45) is -7.72. The molecule has 3 N–H and O–H groups in total. The number of rotatable bonds is 4. The molecular weight excluding hydrogens is 203 g/mol. The van der Waals surface area contributed by atoms with E-state index in [1.165, 1.54) is 6.92 Å². The molecule has 7 heteroatoms. The molecule has 0 bridgehead atoms. The molecule has 0 spiro atoms. The molecule has 0 amide bonds. The zero-order valence-electron chi connectivity index (χ0n) is 7.71. The lowest BCUT2D eigenvalue weighted by atomic mass is 10.2. The third-order valence-corrected chi connectivity index (χ3v) is 1.67. The number of ether oxygens (including phenoxy) is 1. The van der Waals surface area contributed by atoms with Gasteiger partial charge >= 0.3 is 12.1 Å². The third-order valence-electron chi connectivity index (χ3n) is 1.67. The van der Waals surface area contributed by atoms with Gasteiger partial charge in [-0.1, -0.05) is 0 Å². The number of hydrogen-bond acceptors (Lipinski definition) is 3. The van der Waals surface area contributed by atoms with Gasteiger partial charge in [-0.15, -0.1) is 0 Å². The monoisotopic (exact) mass is 215 g/mol. The van der Waals surface area contributed by atoms with Crippen molar-refractivity contribution >= 4 is 5.97 Å². The molecule has 0 aromatic carbocycles. The van der Waals surface area contributed by atoms with Gasteiger partial charge in [-0.05, 0) is 13.8 Å². The van der Waals surface area contributed by atoms with E-state index in [0.29, 0.717) is 0 Å². The highest BCUT2D eigenvalue weighted by Crippen LogP contribution is 2.23. The van der Waals surface area contributed by atoms with E-state index in [0.717, 1.165) is 6.92 Å². The Kier molecular flexibility index (Phi) is 4.34. The third kappa shape index (κ3) is 3.93. The summed E-state index contributed by atoms with van der Waals surface area (Å²) < 4.78 is 40.3. The normalized spacial score (nSPS) is 18.7. The van der Waals surface area contributed by atoms with Gasteiger partial charge in [-0.3, -0.25) is 4.79 Å². The summed E-state index contributed by atoms with van der Waals surface area (Å²) in [6, 6.07) is -1.46. The van der Waals surface area contributed by atoms with Crippen molar-refractivity contribution < 1.29 is 27.8 Å². The Labute approximate surface area is 78.8 Å². The highest BCUT2D eigenvalue weighted by molar-refractivity contribution is 5.73. The van der Waals surface area contributed by atoms with Crippen molar-refractivity contribution in [3.05, 3.63) is 0 Å². The first-order valence-electron chi connectivity index (χ1n) is 3.86. The van der Waals surface area contributed by atoms with Crippen LogP contribution < -0.4 is 5.73 Å². The van der Waals surface area contributed by atoms with Gasteiger partial charge in [-0.2, -0.15) is 13.2 Å². The Morgan fingerprint density at radius 3 is 2.14 bits per heavy atom. The average Bonchev–Trinajstić information content (AvgIpc) is 2.00. The van der Waals surface area contributed by atoms with Crippen LogP contribution in [0, 0.1) is 0 Å². The molecule has 0 saturated heterocycles. The van der Waals surface area contributed by atoms with Gasteiger partial charge in [0.2, 0.25) is 0 Å². The topological polar surface area (TPSA) is 72.5 Å². The lowest BCUT2D eigenvalue weighted by Gasteiger charge is -2.23. The van der Waals surface area contributed by atoms with Gasteiger partial charge in [0.25, 0.3) is 0 Å². The molecule has 0 rings (SSSR count). The van der Waals surface area contributed by atoms with Crippen LogP contribution in [0.3, 0.4) is 0 Å². The molecule has 4 nitrogen and oxygen atoms in total. The number of alkyl halides is 3. The number of aliphatic carboxylic acids is 1. The first-order valence-corrected chi connectivity index (χ1v) is 3.86. The van der Waals surface area contributed by atoms with Crippen molar-refractivity contribution in [2.24, 2.45) is 5.73 Å². The van der Waals surface area contributed by atoms with E-state index in [4.69, 9.17) is 10.8 Å². The molecule has 84 valence electrons. The van der Waals surface area contributed by atoms with Crippen LogP contribution in [0.15, 0.2) is 0 Å². The summed E-state index contributed by atoms with van der Waals surface area (Å²) in [7, 11) is 0. The smallest absolute Gasteiger partial charge is 0.414 e. The molecule has 0 aliphatic carbocycles. The molecule has 0 aliphatic heterocycles. The van der Waals surface area contributed by atoms with E-state index < -0.39 is 30.4 Å². The van der Waals surface area contributed by atoms with Crippen LogP contribution in [0.4, 0.5) is 13.2 Å². The van der Waals surface area contributed by atoms with Crippen LogP contribution in [0.1, 0.15) is 13.8 Å². The van der Waals surface area contributed by atoms with Crippen LogP contribution in [0.25, 0.3) is 0 Å². The number of nitrogens with two attached hydrogens (primary N) is 1. The summed E-state index contributed by atoms with van der Waals surface area (Å²) in [6.45, 7) is 1.98. The fourth-order valence-corrected chi connectivity index (χ4v) is 0.685. The van der Waals surface area contributed by atoms with Crippen LogP contribution in [0.5, 0.6) is 0 Å². The van der Waals surface area contributed by atoms with Gasteiger partial charge in [-0.25, -0.2) is 0 Å². The number of carboxylic acids is 1. The summed E-state index contributed by atoms with van der Waals surface area (Å²) in [4.78, 5) is 10.3. The van der Waals surface area contributed by atoms with Crippen LogP contribution in [-0.4, -0.2) is 35.5 Å². The van der Waals surface area contributed by atoms with Crippen molar-refractivity contribution in [3.63, 3.8) is 0 Å². The molecule has 0 aliphatic rings. The lowest BCUT2D eigenvalue weighted by Crippen LogP contribution is -2.45. The quantitative estimate of drug-likeness (QED) is 0.726. The predicted octanol–water partition coefficient (Wildman–Crippen LogP) is 0.754. The minimum Gasteiger partial charge on any atom is -0.480 e. The second kappa shape index (κ2) is 4.61. The van der Waals surface area contributed by atoms with Gasteiger partial charge in [0, 0.05) is 0 Å². The molecule has 0 fully saturated rings. The molecular formula is C7H12F3NO3. The molecule has 0 unspecified atom stereocenters. The molecule has 0 aromatic heterocycles. The Hall–Kier alpha value is -0.820. The molecule has 0 radical (unpaired) electrons. The second-order valence-electron chi connectivity index (χ2n) is 2.89. The van der Waals surface area contributed by atoms with Crippen molar-refractivity contribution in [1.82, 2.24) is 0 Å². The van der Waals surface area contributed by atoms with E-state index in [1.807, 2.05) is 0 Å². The highest BCUT2D eigenvalue weighted by atomic mass is 19.4. The lowest BCUT2D eigenvalue weighted by molar-refractivity contribution is -0.227. The second-order valence-corrected chi connectivity index (χ2v) is 2.89. The molecule has 3 atom stereocenters. The van der Waals surface area contributed by atoms with Crippen molar-refractivity contribution in [3.8, 4) is 0 Å². The van der Waals surface area contributed by atoms with Gasteiger partial charge in [0.15, 0.2) is 6.10 Å². The molecule has 0 aromatic rings. The molecule has 14 heavy (non-hydrogen) atoms. The summed E-state index contributed by atoms with van der Waals surface area (Å²) in [5.41, 5.74) is 5.06. The Balaban J connectivity index is 4.19. The first-order chi connectivity index (χ1) is 6.16. The van der Waals surface area contributed by atoms with E-state index in [2.05, 4.69) is 4.74 Å². The predicted molar refractivity (Wildman–Crippen MR) is 41.7 cm³/mol. The Morgan fingerprint density at radius 1 is 1.43 bits per heavy atom. The number of carbonyl (C=O) groups is 1. The SMILES string of the molecule is C[C@@H](O[C@H](C)C(F)(F)F)[C@H](N)C(=O)O. The van der Waals surface area contributed by atoms with Gasteiger partial charge in [0.05, 0.1) is 6.10 Å². The van der Waals surface area contributed by atoms with Gasteiger partial charge < -0.3 is 15.6 Å². The van der Waals surface area contributed by atoms with E-state index in [-0.39, 0.29) is 0 Å². The number of halogens is 3. The summed E-state index contributed by atoms with van der Waals surface area (Å²) in [5.74, 6) is -1.40. The highest BCUT2D eigenvalue weighted by Gasteiger charge is 2.39. The first kappa shape index (κ1) is 13.2. The zero-order chi connectivity index (χ0) is 11.5. The molecule has 0 heterocycles. The number of carboxylic acid groups (broad SMARTS) is 1. The van der Waals surface area contributed by atoms with Crippen molar-refractivity contribution in [1.29, 1.82) is 0 Å². The van der Waals surface area contributed by atoms with Crippen LogP contribution in [0.2, 0.25) is 0 Å². The largest absolute Gasteiger partial charge is 0.480 e. The van der Waals surface area contributed by atoms with E-state index in [9.17, 15) is 18.0 Å². The average molecular weight is 215 g/mol. The Bertz CT molecular complexity index is 207. The maximum absolute atomic E-state index is 12.0. The summed E-state index contributed by atoms with van der Waals surface area (Å²) >= 11 is 0. The maximum atomic E-state index is 12.0. The van der Waals surface area contributed by atoms with E-state index in [1.54, 1.807) is 0 Å². The van der Waals surface area contributed by atoms with Gasteiger partial charge in [0.1, 0.15) is 6.04 Å². The fourth-order valence-electron chi connectivity index (χ4n) is 0.685. The minimum atomic E-state index is -4.51. The molecule has 0 saturated carbocycles. The standard InChI is InChI=1S/C7H12F3NO3/c1-3(5(11)6(12)13)14-4(2)7(8,9)10/h3-5H,11H2,1-2H3,(H,12,13)/t3-,4-,5+/m1/s1. The zero-order valence-corrected chi connectivity index (χ0v) is 7.71. The van der Waals surface area contributed by atoms with Crippen LogP contribution in [-0.2, 0) is 9.53 Å². The minimum absolute atomic E-state index is 0.797. The number of hydrogen-bond donors (Lipinski definition) is 2. The van der Waals surface area contributed by atoms with Crippen molar-refractivity contribution in [2.75, 3.05) is 0 Å². The van der Waals surface area contributed by atoms with Crippen LogP contribution >= 0.6 is 0 Å². The Morgan fingerprint density at radius 2 is 1.86 bits per heavy atom. The maximum Gasteiger partial charge on any atom is 0.414 e. The van der Waals surface area contributed by atoms with Crippen molar-refractivity contribution in [2.45, 2.75) is 38.3 Å².